The molecule has 0 fully saturated rings. The average Bonchev–Trinajstić information content (AvgIpc) is 2.75. The number of nitrogens with one attached hydrogen (secondary N) is 1. The van der Waals surface area contributed by atoms with Crippen molar-refractivity contribution in [1.82, 2.24) is 5.32 Å². The SMILES string of the molecule is CC(C)[C@H](N)C(=O)NCC(=O)N1CCCc2cc(OCc3ccccc3)ccc21.Cl. The minimum Gasteiger partial charge on any atom is -0.489 e. The van der Waals surface area contributed by atoms with E-state index in [2.05, 4.69) is 5.32 Å². The number of aryl methyl sites for hydroxylation is 1. The summed E-state index contributed by atoms with van der Waals surface area (Å²) in [5.74, 6) is 0.386. The van der Waals surface area contributed by atoms with Crippen molar-refractivity contribution in [1.29, 1.82) is 0 Å². The van der Waals surface area contributed by atoms with Gasteiger partial charge in [0.25, 0.3) is 0 Å². The minimum absolute atomic E-state index is 0. The Labute approximate surface area is 184 Å². The third kappa shape index (κ3) is 5.97. The molecular weight excluding hydrogens is 402 g/mol. The van der Waals surface area contributed by atoms with Crippen LogP contribution >= 0.6 is 12.4 Å². The van der Waals surface area contributed by atoms with E-state index in [0.29, 0.717) is 13.2 Å². The lowest BCUT2D eigenvalue weighted by Crippen LogP contribution is -2.48. The number of nitrogens with two attached hydrogens (primary N) is 1. The number of rotatable bonds is 7. The molecule has 3 N–H and O–H groups in total. The highest BCUT2D eigenvalue weighted by atomic mass is 35.5. The second-order valence-corrected chi connectivity index (χ2v) is 7.70. The van der Waals surface area contributed by atoms with Crippen molar-refractivity contribution in [2.24, 2.45) is 11.7 Å². The Morgan fingerprint density at radius 2 is 1.90 bits per heavy atom. The van der Waals surface area contributed by atoms with Crippen LogP contribution in [0.25, 0.3) is 0 Å². The number of benzene rings is 2. The number of amides is 2. The zero-order valence-electron chi connectivity index (χ0n) is 17.5. The maximum atomic E-state index is 12.7. The van der Waals surface area contributed by atoms with Crippen LogP contribution in [-0.4, -0.2) is 30.9 Å². The molecule has 1 aliphatic rings. The first kappa shape index (κ1) is 23.7. The molecule has 0 saturated heterocycles. The quantitative estimate of drug-likeness (QED) is 0.705. The number of halogens is 1. The van der Waals surface area contributed by atoms with Crippen LogP contribution in [0.4, 0.5) is 5.69 Å². The van der Waals surface area contributed by atoms with E-state index >= 15 is 0 Å². The molecule has 2 aromatic carbocycles. The number of carbonyl (C=O) groups excluding carboxylic acids is 2. The lowest BCUT2D eigenvalue weighted by Gasteiger charge is -2.30. The van der Waals surface area contributed by atoms with Crippen molar-refractivity contribution in [2.75, 3.05) is 18.0 Å². The molecule has 6 nitrogen and oxygen atoms in total. The molecule has 2 amide bonds. The van der Waals surface area contributed by atoms with E-state index < -0.39 is 6.04 Å². The van der Waals surface area contributed by atoms with Crippen LogP contribution in [0, 0.1) is 5.92 Å². The number of fused-ring (bicyclic) bond motifs is 1. The molecule has 2 aromatic rings. The van der Waals surface area contributed by atoms with Gasteiger partial charge in [-0.25, -0.2) is 0 Å². The van der Waals surface area contributed by atoms with Gasteiger partial charge >= 0.3 is 0 Å². The molecule has 0 bridgehead atoms. The average molecular weight is 432 g/mol. The van der Waals surface area contributed by atoms with E-state index in [1.807, 2.05) is 62.4 Å². The van der Waals surface area contributed by atoms with Gasteiger partial charge in [0.05, 0.1) is 12.6 Å². The summed E-state index contributed by atoms with van der Waals surface area (Å²) in [6.07, 6.45) is 1.77. The Hall–Kier alpha value is -2.57. The van der Waals surface area contributed by atoms with Gasteiger partial charge < -0.3 is 20.7 Å². The standard InChI is InChI=1S/C23H29N3O3.ClH/c1-16(2)22(24)23(28)25-14-21(27)26-12-6-9-18-13-19(10-11-20(18)26)29-15-17-7-4-3-5-8-17;/h3-5,7-8,10-11,13,16,22H,6,9,12,14-15,24H2,1-2H3,(H,25,28);1H/t22-;/m0./s1. The van der Waals surface area contributed by atoms with E-state index in [1.165, 1.54) is 0 Å². The van der Waals surface area contributed by atoms with E-state index in [1.54, 1.807) is 4.90 Å². The number of hydrogen-bond donors (Lipinski definition) is 2. The first-order chi connectivity index (χ1) is 14.0. The fourth-order valence-electron chi connectivity index (χ4n) is 3.34. The molecule has 1 aliphatic heterocycles. The fraction of sp³-hybridized carbons (Fsp3) is 0.391. The van der Waals surface area contributed by atoms with Crippen LogP contribution in [0.5, 0.6) is 5.75 Å². The predicted octanol–water partition coefficient (Wildman–Crippen LogP) is 3.07. The summed E-state index contributed by atoms with van der Waals surface area (Å²) < 4.78 is 5.91. The Morgan fingerprint density at radius 3 is 2.60 bits per heavy atom. The molecule has 0 aliphatic carbocycles. The molecular formula is C23H30ClN3O3. The predicted molar refractivity (Wildman–Crippen MR) is 121 cm³/mol. The van der Waals surface area contributed by atoms with Gasteiger partial charge in [-0.15, -0.1) is 12.4 Å². The molecule has 1 atom stereocenters. The van der Waals surface area contributed by atoms with E-state index in [9.17, 15) is 9.59 Å². The summed E-state index contributed by atoms with van der Waals surface area (Å²) >= 11 is 0. The summed E-state index contributed by atoms with van der Waals surface area (Å²) in [5.41, 5.74) is 8.91. The van der Waals surface area contributed by atoms with E-state index in [4.69, 9.17) is 10.5 Å². The van der Waals surface area contributed by atoms with Crippen molar-refractivity contribution in [2.45, 2.75) is 39.3 Å². The Morgan fingerprint density at radius 1 is 1.17 bits per heavy atom. The summed E-state index contributed by atoms with van der Waals surface area (Å²) in [6.45, 7) is 4.85. The molecule has 3 rings (SSSR count). The van der Waals surface area contributed by atoms with Crippen LogP contribution in [0.3, 0.4) is 0 Å². The lowest BCUT2D eigenvalue weighted by atomic mass is 10.0. The highest BCUT2D eigenvalue weighted by Gasteiger charge is 2.24. The van der Waals surface area contributed by atoms with E-state index in [-0.39, 0.29) is 36.7 Å². The first-order valence-electron chi connectivity index (χ1n) is 10.1. The number of ether oxygens (including phenoxy) is 1. The first-order valence-corrected chi connectivity index (χ1v) is 10.1. The summed E-state index contributed by atoms with van der Waals surface area (Å²) in [4.78, 5) is 26.5. The van der Waals surface area contributed by atoms with Crippen LogP contribution in [0.1, 0.15) is 31.4 Å². The van der Waals surface area contributed by atoms with Crippen molar-refractivity contribution >= 4 is 29.9 Å². The van der Waals surface area contributed by atoms with Crippen molar-refractivity contribution in [3.63, 3.8) is 0 Å². The molecule has 0 spiro atoms. The van der Waals surface area contributed by atoms with Gasteiger partial charge in [0.2, 0.25) is 11.8 Å². The Balaban J connectivity index is 0.00000320. The van der Waals surface area contributed by atoms with E-state index in [0.717, 1.165) is 35.4 Å². The maximum Gasteiger partial charge on any atom is 0.246 e. The van der Waals surface area contributed by atoms with Gasteiger partial charge in [-0.05, 0) is 48.1 Å². The zero-order chi connectivity index (χ0) is 20.8. The summed E-state index contributed by atoms with van der Waals surface area (Å²) in [7, 11) is 0. The third-order valence-corrected chi connectivity index (χ3v) is 5.15. The number of carbonyl (C=O) groups is 2. The third-order valence-electron chi connectivity index (χ3n) is 5.15. The van der Waals surface area contributed by atoms with Gasteiger partial charge in [-0.2, -0.15) is 0 Å². The molecule has 0 radical (unpaired) electrons. The molecule has 30 heavy (non-hydrogen) atoms. The smallest absolute Gasteiger partial charge is 0.246 e. The highest BCUT2D eigenvalue weighted by Crippen LogP contribution is 2.31. The highest BCUT2D eigenvalue weighted by molar-refractivity contribution is 5.98. The van der Waals surface area contributed by atoms with Crippen molar-refractivity contribution < 1.29 is 14.3 Å². The van der Waals surface area contributed by atoms with Crippen LogP contribution < -0.4 is 20.7 Å². The molecule has 162 valence electrons. The Bertz CT molecular complexity index is 858. The summed E-state index contributed by atoms with van der Waals surface area (Å²) in [5, 5.41) is 2.66. The van der Waals surface area contributed by atoms with Gasteiger partial charge in [-0.3, -0.25) is 9.59 Å². The molecule has 0 aromatic heterocycles. The second-order valence-electron chi connectivity index (χ2n) is 7.70. The van der Waals surface area contributed by atoms with Crippen LogP contribution in [0.15, 0.2) is 48.5 Å². The largest absolute Gasteiger partial charge is 0.489 e. The monoisotopic (exact) mass is 431 g/mol. The maximum absolute atomic E-state index is 12.7. The van der Waals surface area contributed by atoms with Gasteiger partial charge in [0.1, 0.15) is 12.4 Å². The zero-order valence-corrected chi connectivity index (χ0v) is 18.3. The fourth-order valence-corrected chi connectivity index (χ4v) is 3.34. The summed E-state index contributed by atoms with van der Waals surface area (Å²) in [6, 6.07) is 15.2. The Kier molecular flexibility index (Phi) is 8.69. The van der Waals surface area contributed by atoms with Gasteiger partial charge in [-0.1, -0.05) is 44.2 Å². The molecule has 1 heterocycles. The number of anilines is 1. The molecule has 0 unspecified atom stereocenters. The molecule has 0 saturated carbocycles. The van der Waals surface area contributed by atoms with Crippen molar-refractivity contribution in [3.05, 3.63) is 59.7 Å². The second kappa shape index (κ2) is 11.0. The normalized spacial score (nSPS) is 13.8. The number of hydrogen-bond acceptors (Lipinski definition) is 4. The van der Waals surface area contributed by atoms with Gasteiger partial charge in [0.15, 0.2) is 0 Å². The van der Waals surface area contributed by atoms with Crippen LogP contribution in [-0.2, 0) is 22.6 Å². The minimum atomic E-state index is -0.610. The van der Waals surface area contributed by atoms with Crippen LogP contribution in [0.2, 0.25) is 0 Å². The van der Waals surface area contributed by atoms with Gasteiger partial charge in [0, 0.05) is 12.2 Å². The molecule has 7 heteroatoms. The topological polar surface area (TPSA) is 84.7 Å². The lowest BCUT2D eigenvalue weighted by molar-refractivity contribution is -0.126. The van der Waals surface area contributed by atoms with Crippen molar-refractivity contribution in [3.8, 4) is 5.75 Å². The number of nitrogens with zero attached hydrogens (tertiary/aromatic N) is 1.